The molecule has 0 N–H and O–H groups in total. The van der Waals surface area contributed by atoms with Gasteiger partial charge in [-0.15, -0.1) is 0 Å². The second-order valence-corrected chi connectivity index (χ2v) is 26.7. The van der Waals surface area contributed by atoms with Crippen molar-refractivity contribution in [2.24, 2.45) is 0 Å². The fourth-order valence-electron chi connectivity index (χ4n) is 5.31. The average Bonchev–Trinajstić information content (AvgIpc) is 3.13. The number of hydrogen-bond acceptors (Lipinski definition) is 5. The van der Waals surface area contributed by atoms with Crippen LogP contribution >= 0.6 is 0 Å². The topological polar surface area (TPSA) is 46.2 Å². The fraction of sp³-hybridized carbons (Fsp3) is 0.333. The van der Waals surface area contributed by atoms with E-state index in [-0.39, 0.29) is 10.1 Å². The van der Waals surface area contributed by atoms with Gasteiger partial charge >= 0.3 is 0 Å². The predicted octanol–water partition coefficient (Wildman–Crippen LogP) is 13.4. The lowest BCUT2D eigenvalue weighted by atomic mass is 10.1. The van der Waals surface area contributed by atoms with Crippen molar-refractivity contribution in [2.45, 2.75) is 104 Å². The highest BCUT2D eigenvalue weighted by Crippen LogP contribution is 2.43. The molecule has 5 rings (SSSR count). The molecule has 0 aliphatic carbocycles. The normalized spacial score (nSPS) is 12.4. The van der Waals surface area contributed by atoms with Crippen LogP contribution in [0.15, 0.2) is 127 Å². The van der Waals surface area contributed by atoms with Crippen molar-refractivity contribution in [1.82, 2.24) is 0 Å². The minimum atomic E-state index is -2.25. The van der Waals surface area contributed by atoms with Crippen LogP contribution in [0.5, 0.6) is 28.7 Å². The zero-order chi connectivity index (χ0) is 39.7. The molecule has 0 radical (unpaired) electrons. The van der Waals surface area contributed by atoms with Gasteiger partial charge in [0.1, 0.15) is 42.8 Å². The Kier molecular flexibility index (Phi) is 13.4. The molecule has 0 saturated carbocycles. The maximum Gasteiger partial charge on any atom is 0.250 e. The van der Waals surface area contributed by atoms with Crippen molar-refractivity contribution in [3.8, 4) is 28.7 Å². The van der Waals surface area contributed by atoms with Crippen LogP contribution in [0, 0.1) is 0 Å². The molecular weight excluding hydrogens is 713 g/mol. The van der Waals surface area contributed by atoms with Crippen LogP contribution in [-0.4, -0.2) is 16.6 Å². The molecule has 0 aliphatic heterocycles. The first kappa shape index (κ1) is 41.4. The van der Waals surface area contributed by atoms with Crippen LogP contribution in [0.2, 0.25) is 36.3 Å². The summed E-state index contributed by atoms with van der Waals surface area (Å²) in [6, 6.07) is 41.0. The maximum atomic E-state index is 7.08. The van der Waals surface area contributed by atoms with Crippen molar-refractivity contribution < 1.29 is 23.1 Å². The van der Waals surface area contributed by atoms with Gasteiger partial charge in [0, 0.05) is 17.7 Å². The summed E-state index contributed by atoms with van der Waals surface area (Å²) in [6.07, 6.45) is 4.93. The van der Waals surface area contributed by atoms with E-state index in [1.807, 2.05) is 72.8 Å². The van der Waals surface area contributed by atoms with Gasteiger partial charge in [0.05, 0.1) is 0 Å². The Hall–Kier alpha value is -4.73. The van der Waals surface area contributed by atoms with Gasteiger partial charge in [0.2, 0.25) is 8.32 Å². The third-order valence-electron chi connectivity index (χ3n) is 10.8. The zero-order valence-corrected chi connectivity index (χ0v) is 36.6. The lowest BCUT2D eigenvalue weighted by Crippen LogP contribution is -2.44. The molecule has 0 spiro atoms. The summed E-state index contributed by atoms with van der Waals surface area (Å²) in [5.74, 6) is 3.79. The summed E-state index contributed by atoms with van der Waals surface area (Å²) in [6.45, 7) is 24.0. The van der Waals surface area contributed by atoms with E-state index in [0.717, 1.165) is 50.8 Å². The SMILES string of the molecule is CC(C)(C)[Si](C)(C)Oc1cc(C=CCc2c(OCc3ccccc3)cc(OCc3ccccc3)cc2O[Si](C)(C)C(C)(C)C)ccc1OCc1ccccc1. The Morgan fingerprint density at radius 1 is 0.473 bits per heavy atom. The van der Waals surface area contributed by atoms with Gasteiger partial charge in [-0.05, 0) is 77.1 Å². The quantitative estimate of drug-likeness (QED) is 0.0935. The summed E-state index contributed by atoms with van der Waals surface area (Å²) in [7, 11) is -4.41. The molecule has 0 aliphatic rings. The molecule has 55 heavy (non-hydrogen) atoms. The molecule has 0 heterocycles. The number of ether oxygens (including phenoxy) is 3. The van der Waals surface area contributed by atoms with Crippen LogP contribution in [-0.2, 0) is 26.2 Å². The van der Waals surface area contributed by atoms with Crippen molar-refractivity contribution >= 4 is 22.7 Å². The largest absolute Gasteiger partial charge is 0.543 e. The molecule has 0 amide bonds. The predicted molar refractivity (Wildman–Crippen MR) is 234 cm³/mol. The smallest absolute Gasteiger partial charge is 0.250 e. The van der Waals surface area contributed by atoms with Gasteiger partial charge < -0.3 is 23.1 Å². The van der Waals surface area contributed by atoms with Crippen LogP contribution in [0.25, 0.3) is 6.08 Å². The van der Waals surface area contributed by atoms with Crippen LogP contribution in [0.4, 0.5) is 0 Å². The number of allylic oxidation sites excluding steroid dienone is 1. The van der Waals surface area contributed by atoms with Crippen LogP contribution in [0.3, 0.4) is 0 Å². The summed E-state index contributed by atoms with van der Waals surface area (Å²) >= 11 is 0. The molecule has 290 valence electrons. The first-order valence-electron chi connectivity index (χ1n) is 19.4. The average molecular weight is 773 g/mol. The van der Waals surface area contributed by atoms with Crippen molar-refractivity contribution in [3.05, 3.63) is 155 Å². The van der Waals surface area contributed by atoms with Gasteiger partial charge in [0.25, 0.3) is 8.32 Å². The molecule has 0 unspecified atom stereocenters. The summed E-state index contributed by atoms with van der Waals surface area (Å²) in [5.41, 5.74) is 5.32. The van der Waals surface area contributed by atoms with Crippen LogP contribution in [0.1, 0.15) is 69.4 Å². The molecule has 5 aromatic rings. The van der Waals surface area contributed by atoms with E-state index in [1.54, 1.807) is 0 Å². The van der Waals surface area contributed by atoms with Gasteiger partial charge in [-0.1, -0.05) is 151 Å². The minimum Gasteiger partial charge on any atom is -0.543 e. The van der Waals surface area contributed by atoms with E-state index in [0.29, 0.717) is 32.0 Å². The van der Waals surface area contributed by atoms with Gasteiger partial charge in [0.15, 0.2) is 5.75 Å². The highest BCUT2D eigenvalue weighted by Gasteiger charge is 2.40. The standard InChI is InChI=1S/C48H60O5Si2/c1-47(2,3)54(7,8)52-45-33-41(49-34-38-21-14-11-15-22-38)32-44(51-36-40-25-18-13-19-26-40)42(45)28-20-27-37-29-30-43(50-35-39-23-16-12-17-24-39)46(31-37)53-55(9,10)48(4,5)6/h11-27,29-33H,28,34-36H2,1-10H3. The van der Waals surface area contributed by atoms with E-state index in [4.69, 9.17) is 23.1 Å². The van der Waals surface area contributed by atoms with Crippen molar-refractivity contribution in [3.63, 3.8) is 0 Å². The van der Waals surface area contributed by atoms with Crippen molar-refractivity contribution in [2.75, 3.05) is 0 Å². The highest BCUT2D eigenvalue weighted by molar-refractivity contribution is 6.75. The molecule has 5 nitrogen and oxygen atoms in total. The molecule has 0 fully saturated rings. The molecule has 5 aromatic carbocycles. The van der Waals surface area contributed by atoms with E-state index in [1.165, 1.54) is 0 Å². The third-order valence-corrected chi connectivity index (χ3v) is 19.5. The maximum absolute atomic E-state index is 7.08. The monoisotopic (exact) mass is 772 g/mol. The Bertz CT molecular complexity index is 1990. The van der Waals surface area contributed by atoms with Gasteiger partial charge in [-0.25, -0.2) is 0 Å². The second-order valence-electron chi connectivity index (χ2n) is 17.3. The van der Waals surface area contributed by atoms with Gasteiger partial charge in [-0.2, -0.15) is 0 Å². The summed E-state index contributed by atoms with van der Waals surface area (Å²) < 4.78 is 33.4. The van der Waals surface area contributed by atoms with E-state index in [2.05, 4.69) is 128 Å². The van der Waals surface area contributed by atoms with E-state index < -0.39 is 16.6 Å². The Morgan fingerprint density at radius 2 is 0.909 bits per heavy atom. The van der Waals surface area contributed by atoms with Gasteiger partial charge in [-0.3, -0.25) is 0 Å². The minimum absolute atomic E-state index is 0.00303. The highest BCUT2D eigenvalue weighted by atomic mass is 28.4. The summed E-state index contributed by atoms with van der Waals surface area (Å²) in [4.78, 5) is 0. The van der Waals surface area contributed by atoms with E-state index in [9.17, 15) is 0 Å². The molecule has 0 aromatic heterocycles. The first-order chi connectivity index (χ1) is 26.0. The molecule has 0 saturated heterocycles. The van der Waals surface area contributed by atoms with Crippen molar-refractivity contribution in [1.29, 1.82) is 0 Å². The molecule has 7 heteroatoms. The lowest BCUT2D eigenvalue weighted by molar-refractivity contribution is 0.286. The molecule has 0 atom stereocenters. The number of hydrogen-bond donors (Lipinski definition) is 0. The number of rotatable bonds is 16. The lowest BCUT2D eigenvalue weighted by Gasteiger charge is -2.37. The first-order valence-corrected chi connectivity index (χ1v) is 25.2. The van der Waals surface area contributed by atoms with E-state index >= 15 is 0 Å². The number of benzene rings is 5. The molecule has 0 bridgehead atoms. The Morgan fingerprint density at radius 3 is 1.40 bits per heavy atom. The summed E-state index contributed by atoms with van der Waals surface area (Å²) in [5, 5.41) is 0.0279. The zero-order valence-electron chi connectivity index (χ0n) is 34.6. The second kappa shape index (κ2) is 17.8. The Labute approximate surface area is 332 Å². The fourth-order valence-corrected chi connectivity index (χ4v) is 7.36. The van der Waals surface area contributed by atoms with Crippen LogP contribution < -0.4 is 23.1 Å². The third kappa shape index (κ3) is 11.6. The Balaban J connectivity index is 1.50. The molecular formula is C48H60O5Si2.